The molecule has 8 nitrogen and oxygen atoms in total. The average Bonchev–Trinajstić information content (AvgIpc) is 2.54. The summed E-state index contributed by atoms with van der Waals surface area (Å²) in [5.74, 6) is -1.48. The summed E-state index contributed by atoms with van der Waals surface area (Å²) < 4.78 is 25.3. The van der Waals surface area contributed by atoms with Crippen LogP contribution in [0.25, 0.3) is 10.9 Å². The molecule has 0 fully saturated rings. The summed E-state index contributed by atoms with van der Waals surface area (Å²) in [7, 11) is -4.53. The standard InChI is InChI=1S/C15H9ClN2O6S.Na/c16-9-3-6-11-12(7-9)17-15(22)18(13(11)19)25(23,24)10-4-1-8(2-5-10)14(20)21;/h1-7H,(H,17,22)(H,20,21);/q;+1/p-1. The van der Waals surface area contributed by atoms with E-state index in [1.807, 2.05) is 0 Å². The molecule has 0 atom stereocenters. The van der Waals surface area contributed by atoms with E-state index in [2.05, 4.69) is 4.98 Å². The number of aromatic amines is 1. The van der Waals surface area contributed by atoms with Crippen molar-refractivity contribution in [1.82, 2.24) is 8.96 Å². The first-order valence-electron chi connectivity index (χ1n) is 6.73. The SMILES string of the molecule is O=C([O-])c1ccc(S(=O)(=O)n2c(=O)[nH]c3cc(Cl)ccc3c2=O)cc1.[Na+]. The van der Waals surface area contributed by atoms with Gasteiger partial charge < -0.3 is 14.9 Å². The zero-order valence-electron chi connectivity index (χ0n) is 13.2. The number of fused-ring (bicyclic) bond motifs is 1. The molecule has 0 spiro atoms. The van der Waals surface area contributed by atoms with Gasteiger partial charge >= 0.3 is 35.2 Å². The molecule has 0 unspecified atom stereocenters. The molecule has 3 aromatic rings. The number of H-pyrrole nitrogens is 1. The first-order chi connectivity index (χ1) is 11.7. The van der Waals surface area contributed by atoms with Crippen LogP contribution in [0.15, 0.2) is 56.9 Å². The van der Waals surface area contributed by atoms with Crippen LogP contribution >= 0.6 is 11.6 Å². The molecule has 0 aliphatic heterocycles. The van der Waals surface area contributed by atoms with E-state index in [1.165, 1.54) is 18.2 Å². The summed E-state index contributed by atoms with van der Waals surface area (Å²) in [6, 6.07) is 7.95. The Morgan fingerprint density at radius 2 is 1.69 bits per heavy atom. The zero-order valence-corrected chi connectivity index (χ0v) is 16.8. The minimum Gasteiger partial charge on any atom is -0.545 e. The zero-order chi connectivity index (χ0) is 18.4. The van der Waals surface area contributed by atoms with Gasteiger partial charge in [-0.05, 0) is 35.9 Å². The molecular formula is C15H8ClN2NaO6S. The van der Waals surface area contributed by atoms with Crippen LogP contribution in [0.2, 0.25) is 5.02 Å². The molecule has 128 valence electrons. The quantitative estimate of drug-likeness (QED) is 0.463. The minimum absolute atomic E-state index is 0. The van der Waals surface area contributed by atoms with Crippen LogP contribution in [0.5, 0.6) is 0 Å². The maximum atomic E-state index is 12.6. The molecule has 0 radical (unpaired) electrons. The predicted molar refractivity (Wildman–Crippen MR) is 87.2 cm³/mol. The number of nitrogens with zero attached hydrogens (tertiary/aromatic N) is 1. The number of carbonyl (C=O) groups excluding carboxylic acids is 1. The van der Waals surface area contributed by atoms with Gasteiger partial charge in [0.25, 0.3) is 15.6 Å². The number of carboxylic acid groups (broad SMARTS) is 1. The van der Waals surface area contributed by atoms with Crippen molar-refractivity contribution in [3.8, 4) is 0 Å². The summed E-state index contributed by atoms with van der Waals surface area (Å²) in [6.45, 7) is 0. The Balaban J connectivity index is 0.00000243. The number of carboxylic acids is 1. The van der Waals surface area contributed by atoms with Gasteiger partial charge in [-0.2, -0.15) is 0 Å². The summed E-state index contributed by atoms with van der Waals surface area (Å²) >= 11 is 5.79. The van der Waals surface area contributed by atoms with Gasteiger partial charge in [0.15, 0.2) is 0 Å². The van der Waals surface area contributed by atoms with Crippen molar-refractivity contribution in [2.45, 2.75) is 4.90 Å². The number of aromatic carboxylic acids is 1. The summed E-state index contributed by atoms with van der Waals surface area (Å²) in [5, 5.41) is 11.0. The molecule has 3 rings (SSSR count). The number of halogens is 1. The fraction of sp³-hybridized carbons (Fsp3) is 0. The number of hydrogen-bond acceptors (Lipinski definition) is 6. The van der Waals surface area contributed by atoms with Gasteiger partial charge in [-0.15, -0.1) is 3.97 Å². The van der Waals surface area contributed by atoms with Crippen molar-refractivity contribution < 1.29 is 47.9 Å². The van der Waals surface area contributed by atoms with Crippen molar-refractivity contribution >= 4 is 38.5 Å². The van der Waals surface area contributed by atoms with Gasteiger partial charge in [0, 0.05) is 5.02 Å². The van der Waals surface area contributed by atoms with Gasteiger partial charge in [-0.25, -0.2) is 13.2 Å². The summed E-state index contributed by atoms with van der Waals surface area (Å²) in [4.78, 5) is 37.2. The van der Waals surface area contributed by atoms with E-state index in [-0.39, 0.29) is 55.0 Å². The summed E-state index contributed by atoms with van der Waals surface area (Å²) in [6.07, 6.45) is 0. The second kappa shape index (κ2) is 7.37. The van der Waals surface area contributed by atoms with Crippen molar-refractivity contribution in [2.24, 2.45) is 0 Å². The Morgan fingerprint density at radius 1 is 1.08 bits per heavy atom. The Kier molecular flexibility index (Phi) is 5.79. The number of carbonyl (C=O) groups is 1. The molecule has 1 aromatic heterocycles. The molecule has 0 saturated heterocycles. The van der Waals surface area contributed by atoms with Gasteiger partial charge in [-0.1, -0.05) is 23.7 Å². The van der Waals surface area contributed by atoms with E-state index < -0.39 is 32.1 Å². The second-order valence-corrected chi connectivity index (χ2v) is 7.23. The van der Waals surface area contributed by atoms with Gasteiger partial charge in [-0.3, -0.25) is 4.79 Å². The third kappa shape index (κ3) is 3.49. The normalized spacial score (nSPS) is 11.1. The predicted octanol–water partition coefficient (Wildman–Crippen LogP) is -3.05. The number of aromatic nitrogens is 2. The maximum absolute atomic E-state index is 12.6. The van der Waals surface area contributed by atoms with Crippen LogP contribution in [0.1, 0.15) is 10.4 Å². The average molecular weight is 403 g/mol. The number of benzene rings is 2. The van der Waals surface area contributed by atoms with E-state index in [0.29, 0.717) is 0 Å². The van der Waals surface area contributed by atoms with Crippen LogP contribution in [-0.2, 0) is 10.0 Å². The fourth-order valence-electron chi connectivity index (χ4n) is 2.26. The van der Waals surface area contributed by atoms with Crippen LogP contribution in [0.3, 0.4) is 0 Å². The molecule has 2 aromatic carbocycles. The molecular weight excluding hydrogens is 395 g/mol. The molecule has 0 aliphatic carbocycles. The molecule has 1 heterocycles. The number of rotatable bonds is 3. The third-order valence-electron chi connectivity index (χ3n) is 3.45. The first-order valence-corrected chi connectivity index (χ1v) is 8.55. The van der Waals surface area contributed by atoms with Gasteiger partial charge in [0.1, 0.15) is 0 Å². The molecule has 26 heavy (non-hydrogen) atoms. The third-order valence-corrected chi connectivity index (χ3v) is 5.37. The Morgan fingerprint density at radius 3 is 2.27 bits per heavy atom. The van der Waals surface area contributed by atoms with Crippen molar-refractivity contribution in [3.63, 3.8) is 0 Å². The molecule has 11 heteroatoms. The largest absolute Gasteiger partial charge is 1.00 e. The monoisotopic (exact) mass is 402 g/mol. The first kappa shape index (κ1) is 20.4. The van der Waals surface area contributed by atoms with Gasteiger partial charge in [0.05, 0.1) is 21.8 Å². The van der Waals surface area contributed by atoms with Crippen molar-refractivity contribution in [3.05, 3.63) is 73.9 Å². The fourth-order valence-corrected chi connectivity index (χ4v) is 3.70. The number of hydrogen-bond donors (Lipinski definition) is 1. The van der Waals surface area contributed by atoms with Crippen LogP contribution in [0, 0.1) is 0 Å². The van der Waals surface area contributed by atoms with E-state index >= 15 is 0 Å². The molecule has 0 saturated carbocycles. The number of nitrogens with one attached hydrogen (secondary N) is 1. The van der Waals surface area contributed by atoms with E-state index in [9.17, 15) is 27.9 Å². The molecule has 0 bridgehead atoms. The molecule has 1 N–H and O–H groups in total. The van der Waals surface area contributed by atoms with Crippen LogP contribution < -0.4 is 45.9 Å². The van der Waals surface area contributed by atoms with Crippen LogP contribution in [-0.4, -0.2) is 23.3 Å². The Bertz CT molecular complexity index is 1230. The van der Waals surface area contributed by atoms with Crippen molar-refractivity contribution in [2.75, 3.05) is 0 Å². The Labute approximate surface area is 173 Å². The second-order valence-electron chi connectivity index (χ2n) is 5.01. The van der Waals surface area contributed by atoms with Crippen molar-refractivity contribution in [1.29, 1.82) is 0 Å². The molecule has 0 aliphatic rings. The topological polar surface area (TPSA) is 129 Å². The minimum atomic E-state index is -4.53. The van der Waals surface area contributed by atoms with E-state index in [4.69, 9.17) is 11.6 Å². The van der Waals surface area contributed by atoms with Crippen LogP contribution in [0.4, 0.5) is 0 Å². The molecule has 0 amide bonds. The van der Waals surface area contributed by atoms with E-state index in [0.717, 1.165) is 24.3 Å². The Hall–Kier alpha value is -1.91. The summed E-state index contributed by atoms with van der Waals surface area (Å²) in [5.41, 5.74) is -2.35. The van der Waals surface area contributed by atoms with E-state index in [1.54, 1.807) is 0 Å². The smallest absolute Gasteiger partial charge is 0.545 e. The maximum Gasteiger partial charge on any atom is 1.00 e. The van der Waals surface area contributed by atoms with Gasteiger partial charge in [0.2, 0.25) is 0 Å².